The van der Waals surface area contributed by atoms with Gasteiger partial charge in [-0.1, -0.05) is 87.5 Å². The molecule has 0 amide bonds. The molecule has 2 aromatic rings. The quantitative estimate of drug-likeness (QED) is 0.566. The maximum atomic E-state index is 11.0. The van der Waals surface area contributed by atoms with Crippen LogP contribution in [0.5, 0.6) is 0 Å². The fourth-order valence-corrected chi connectivity index (χ4v) is 8.09. The molecule has 3 nitrogen and oxygen atoms in total. The van der Waals surface area contributed by atoms with Crippen molar-refractivity contribution in [2.45, 2.75) is 44.8 Å². The number of rotatable bonds is 8. The van der Waals surface area contributed by atoms with Crippen molar-refractivity contribution < 1.29 is 14.3 Å². The van der Waals surface area contributed by atoms with Crippen molar-refractivity contribution in [1.29, 1.82) is 0 Å². The number of carboxylic acid groups (broad SMARTS) is 1. The average molecular weight is 369 g/mol. The van der Waals surface area contributed by atoms with Crippen molar-refractivity contribution in [2.24, 2.45) is 0 Å². The molecule has 0 aliphatic heterocycles. The monoisotopic (exact) mass is 368 g/mol. The first kappa shape index (κ1) is 20.1. The lowest BCUT2D eigenvalue weighted by Gasteiger charge is -2.44. The summed E-state index contributed by atoms with van der Waals surface area (Å²) in [5.74, 6) is -0.817. The van der Waals surface area contributed by atoms with E-state index in [2.05, 4.69) is 51.6 Å². The van der Waals surface area contributed by atoms with Crippen molar-refractivity contribution in [3.63, 3.8) is 0 Å². The van der Waals surface area contributed by atoms with Crippen LogP contribution in [0.15, 0.2) is 73.3 Å². The van der Waals surface area contributed by atoms with Crippen LogP contribution in [0.2, 0.25) is 5.04 Å². The highest BCUT2D eigenvalue weighted by Crippen LogP contribution is 2.38. The second-order valence-corrected chi connectivity index (χ2v) is 11.7. The molecule has 2 rings (SSSR count). The van der Waals surface area contributed by atoms with Gasteiger partial charge in [-0.15, -0.1) is 6.58 Å². The molecule has 2 aromatic carbocycles. The number of hydrogen-bond acceptors (Lipinski definition) is 2. The molecule has 0 saturated carbocycles. The van der Waals surface area contributed by atoms with Gasteiger partial charge in [-0.25, -0.2) is 0 Å². The lowest BCUT2D eigenvalue weighted by atomic mass is 10.2. The van der Waals surface area contributed by atoms with Gasteiger partial charge in [-0.2, -0.15) is 0 Å². The fraction of sp³-hybridized carbons (Fsp3) is 0.318. The van der Waals surface area contributed by atoms with E-state index >= 15 is 0 Å². The molecule has 4 heteroatoms. The standard InChI is InChI=1S/C22H28O3Si/c1-5-18(16-17-21(23)24)25-26(22(2,3)4,19-12-8-6-9-13-19)20-14-10-7-11-15-20/h5-15,18H,1,16-17H2,2-4H3,(H,23,24)/t18-/m0/s1. The molecule has 0 aromatic heterocycles. The molecule has 1 N–H and O–H groups in total. The molecule has 0 fully saturated rings. The highest BCUT2D eigenvalue weighted by molar-refractivity contribution is 6.99. The van der Waals surface area contributed by atoms with Gasteiger partial charge in [0.25, 0.3) is 8.32 Å². The summed E-state index contributed by atoms with van der Waals surface area (Å²) in [4.78, 5) is 11.0. The first-order chi connectivity index (χ1) is 12.3. The van der Waals surface area contributed by atoms with E-state index in [1.807, 2.05) is 36.4 Å². The predicted molar refractivity (Wildman–Crippen MR) is 110 cm³/mol. The molecular weight excluding hydrogens is 340 g/mol. The second-order valence-electron chi connectivity index (χ2n) is 7.49. The van der Waals surface area contributed by atoms with Gasteiger partial charge in [-0.05, 0) is 21.8 Å². The lowest BCUT2D eigenvalue weighted by molar-refractivity contribution is -0.137. The maximum absolute atomic E-state index is 11.0. The summed E-state index contributed by atoms with van der Waals surface area (Å²) >= 11 is 0. The third kappa shape index (κ3) is 4.32. The van der Waals surface area contributed by atoms with E-state index in [4.69, 9.17) is 9.53 Å². The van der Waals surface area contributed by atoms with Crippen LogP contribution in [0.1, 0.15) is 33.6 Å². The SMILES string of the molecule is C=C[C@@H](CCC(=O)O)O[Si](c1ccccc1)(c1ccccc1)C(C)(C)C. The van der Waals surface area contributed by atoms with E-state index in [0.29, 0.717) is 6.42 Å². The summed E-state index contributed by atoms with van der Waals surface area (Å²) in [6.07, 6.45) is 1.91. The largest absolute Gasteiger partial charge is 0.481 e. The van der Waals surface area contributed by atoms with Gasteiger partial charge in [0.15, 0.2) is 0 Å². The summed E-state index contributed by atoms with van der Waals surface area (Å²) in [6, 6.07) is 20.7. The summed E-state index contributed by atoms with van der Waals surface area (Å²) in [7, 11) is -2.67. The summed E-state index contributed by atoms with van der Waals surface area (Å²) in [6.45, 7) is 10.5. The lowest BCUT2D eigenvalue weighted by Crippen LogP contribution is -2.67. The van der Waals surface area contributed by atoms with Crippen LogP contribution in [0.3, 0.4) is 0 Å². The first-order valence-corrected chi connectivity index (χ1v) is 10.9. The number of carbonyl (C=O) groups is 1. The van der Waals surface area contributed by atoms with Crippen molar-refractivity contribution in [3.8, 4) is 0 Å². The third-order valence-electron chi connectivity index (χ3n) is 4.65. The Bertz CT molecular complexity index is 681. The van der Waals surface area contributed by atoms with Crippen LogP contribution in [0.25, 0.3) is 0 Å². The second kappa shape index (κ2) is 8.47. The molecule has 0 radical (unpaired) electrons. The zero-order chi connectivity index (χ0) is 19.2. The summed E-state index contributed by atoms with van der Waals surface area (Å²) < 4.78 is 6.83. The smallest absolute Gasteiger partial charge is 0.303 e. The molecule has 138 valence electrons. The van der Waals surface area contributed by atoms with Crippen molar-refractivity contribution in [1.82, 2.24) is 0 Å². The van der Waals surface area contributed by atoms with Crippen LogP contribution < -0.4 is 10.4 Å². The Morgan fingerprint density at radius 2 is 1.54 bits per heavy atom. The highest BCUT2D eigenvalue weighted by Gasteiger charge is 2.51. The fourth-order valence-electron chi connectivity index (χ4n) is 3.41. The Morgan fingerprint density at radius 3 is 1.88 bits per heavy atom. The van der Waals surface area contributed by atoms with Gasteiger partial charge in [0.05, 0.1) is 6.10 Å². The van der Waals surface area contributed by atoms with Gasteiger partial charge in [-0.3, -0.25) is 4.79 Å². The summed E-state index contributed by atoms with van der Waals surface area (Å²) in [5, 5.41) is 11.3. The van der Waals surface area contributed by atoms with E-state index in [0.717, 1.165) is 0 Å². The van der Waals surface area contributed by atoms with Crippen LogP contribution in [0, 0.1) is 0 Å². The molecule has 1 atom stereocenters. The van der Waals surface area contributed by atoms with E-state index in [1.165, 1.54) is 10.4 Å². The minimum Gasteiger partial charge on any atom is -0.481 e. The molecule has 0 saturated heterocycles. The van der Waals surface area contributed by atoms with E-state index in [9.17, 15) is 4.79 Å². The minimum atomic E-state index is -2.67. The Labute approximate surface area is 157 Å². The third-order valence-corrected chi connectivity index (χ3v) is 9.71. The predicted octanol–water partition coefficient (Wildman–Crippen LogP) is 3.98. The van der Waals surface area contributed by atoms with Gasteiger partial charge < -0.3 is 9.53 Å². The number of aliphatic carboxylic acids is 1. The van der Waals surface area contributed by atoms with Gasteiger partial charge in [0, 0.05) is 6.42 Å². The minimum absolute atomic E-state index is 0.0644. The van der Waals surface area contributed by atoms with Crippen LogP contribution in [-0.4, -0.2) is 25.5 Å². The molecule has 0 aliphatic carbocycles. The Morgan fingerprint density at radius 1 is 1.08 bits per heavy atom. The normalized spacial score (nSPS) is 13.2. The number of carboxylic acids is 1. The Balaban J connectivity index is 2.60. The van der Waals surface area contributed by atoms with Crippen molar-refractivity contribution in [3.05, 3.63) is 73.3 Å². The molecule has 0 bridgehead atoms. The molecule has 0 spiro atoms. The highest BCUT2D eigenvalue weighted by atomic mass is 28.4. The van der Waals surface area contributed by atoms with Gasteiger partial charge >= 0.3 is 5.97 Å². The summed E-state index contributed by atoms with van der Waals surface area (Å²) in [5.41, 5.74) is 0. The zero-order valence-electron chi connectivity index (χ0n) is 15.8. The number of hydrogen-bond donors (Lipinski definition) is 1. The maximum Gasteiger partial charge on any atom is 0.303 e. The van der Waals surface area contributed by atoms with Crippen LogP contribution in [0.4, 0.5) is 0 Å². The average Bonchev–Trinajstić information content (AvgIpc) is 2.62. The van der Waals surface area contributed by atoms with E-state index in [-0.39, 0.29) is 17.6 Å². The van der Waals surface area contributed by atoms with Gasteiger partial charge in [0.1, 0.15) is 0 Å². The van der Waals surface area contributed by atoms with Crippen LogP contribution in [-0.2, 0) is 9.22 Å². The molecule has 0 aliphatic rings. The molecular formula is C22H28O3Si. The van der Waals surface area contributed by atoms with Crippen molar-refractivity contribution >= 4 is 24.7 Å². The molecule has 0 heterocycles. The van der Waals surface area contributed by atoms with Crippen molar-refractivity contribution in [2.75, 3.05) is 0 Å². The molecule has 0 unspecified atom stereocenters. The Kier molecular flexibility index (Phi) is 6.56. The van der Waals surface area contributed by atoms with E-state index in [1.54, 1.807) is 6.08 Å². The topological polar surface area (TPSA) is 46.5 Å². The van der Waals surface area contributed by atoms with Crippen LogP contribution >= 0.6 is 0 Å². The van der Waals surface area contributed by atoms with Gasteiger partial charge in [0.2, 0.25) is 0 Å². The van der Waals surface area contributed by atoms with E-state index < -0.39 is 14.3 Å². The zero-order valence-corrected chi connectivity index (χ0v) is 16.8. The first-order valence-electron chi connectivity index (χ1n) is 8.94. The Hall–Kier alpha value is -2.17. The molecule has 26 heavy (non-hydrogen) atoms. The number of benzene rings is 2.